The van der Waals surface area contributed by atoms with Crippen LogP contribution in [0.1, 0.15) is 11.5 Å². The highest BCUT2D eigenvalue weighted by atomic mass is 16.4. The summed E-state index contributed by atoms with van der Waals surface area (Å²) in [6.45, 7) is 0.00102. The molecule has 4 N–H and O–H groups in total. The second-order valence-electron chi connectivity index (χ2n) is 2.59. The van der Waals surface area contributed by atoms with Crippen LogP contribution in [-0.2, 0) is 0 Å². The normalized spacial score (nSPS) is 9.21. The van der Waals surface area contributed by atoms with Crippen molar-refractivity contribution in [1.29, 1.82) is 0 Å². The highest BCUT2D eigenvalue weighted by Gasteiger charge is 2.06. The van der Waals surface area contributed by atoms with Gasteiger partial charge in [-0.15, -0.1) is 0 Å². The summed E-state index contributed by atoms with van der Waals surface area (Å²) in [5.74, 6) is -0.129. The molecule has 0 atom stereocenters. The molecule has 1 radical (unpaired) electrons. The van der Waals surface area contributed by atoms with Crippen molar-refractivity contribution < 1.29 is 20.3 Å². The lowest BCUT2D eigenvalue weighted by Gasteiger charge is -2.09. The molecule has 0 heterocycles. The van der Waals surface area contributed by atoms with Crippen LogP contribution in [0.15, 0.2) is 30.3 Å². The van der Waals surface area contributed by atoms with Crippen LogP contribution < -0.4 is 0 Å². The first-order valence-electron chi connectivity index (χ1n) is 4.16. The molecule has 1 aromatic rings. The third-order valence-electron chi connectivity index (χ3n) is 1.71. The van der Waals surface area contributed by atoms with Crippen LogP contribution in [-0.4, -0.2) is 41.2 Å². The summed E-state index contributed by atoms with van der Waals surface area (Å²) < 4.78 is 0. The van der Waals surface area contributed by atoms with Gasteiger partial charge in [-0.1, -0.05) is 30.3 Å². The van der Waals surface area contributed by atoms with Crippen LogP contribution in [0.2, 0.25) is 0 Å². The third kappa shape index (κ3) is 4.99. The predicted octanol–water partition coefficient (Wildman–Crippen LogP) is -0.740. The first kappa shape index (κ1) is 13.1. The van der Waals surface area contributed by atoms with E-state index in [2.05, 4.69) is 0 Å². The Bertz CT molecular complexity index is 213. The summed E-state index contributed by atoms with van der Waals surface area (Å²) in [6.07, 6.45) is 0. The quantitative estimate of drug-likeness (QED) is 0.481. The number of hydrogen-bond acceptors (Lipinski definition) is 4. The summed E-state index contributed by atoms with van der Waals surface area (Å²) in [6, 6.07) is 9.50. The van der Waals surface area contributed by atoms with Gasteiger partial charge in [-0.2, -0.15) is 0 Å². The monoisotopic (exact) mass is 197 g/mol. The fraction of sp³-hybridized carbons (Fsp3) is 0.333. The molecule has 5 heteroatoms. The summed E-state index contributed by atoms with van der Waals surface area (Å²) in [5, 5.41) is 31.6. The molecule has 14 heavy (non-hydrogen) atoms. The molecule has 1 rings (SSSR count). The van der Waals surface area contributed by atoms with Gasteiger partial charge in [0.1, 0.15) is 0 Å². The van der Waals surface area contributed by atoms with E-state index in [4.69, 9.17) is 20.3 Å². The largest absolute Gasteiger partial charge is 0.482 e. The minimum atomic E-state index is -0.129. The first-order valence-corrected chi connectivity index (χ1v) is 4.16. The van der Waals surface area contributed by atoms with Crippen LogP contribution in [0.25, 0.3) is 0 Å². The van der Waals surface area contributed by atoms with Gasteiger partial charge in [0.25, 0.3) is 0 Å². The van der Waals surface area contributed by atoms with Crippen LogP contribution in [0.3, 0.4) is 0 Å². The maximum atomic E-state index is 8.82. The molecule has 0 amide bonds. The van der Waals surface area contributed by atoms with E-state index in [1.807, 2.05) is 30.3 Å². The van der Waals surface area contributed by atoms with Gasteiger partial charge in [0, 0.05) is 5.92 Å². The molecule has 0 aromatic heterocycles. The van der Waals surface area contributed by atoms with Gasteiger partial charge in [0.05, 0.1) is 13.2 Å². The summed E-state index contributed by atoms with van der Waals surface area (Å²) in [7, 11) is 0. The molecule has 0 unspecified atom stereocenters. The molecule has 4 nitrogen and oxygen atoms in total. The summed E-state index contributed by atoms with van der Waals surface area (Å²) >= 11 is 0. The van der Waals surface area contributed by atoms with Crippen molar-refractivity contribution in [3.8, 4) is 0 Å². The lowest BCUT2D eigenvalue weighted by Crippen LogP contribution is -2.08. The van der Waals surface area contributed by atoms with Crippen LogP contribution in [0.4, 0.5) is 0 Å². The van der Waals surface area contributed by atoms with E-state index >= 15 is 0 Å². The Kier molecular flexibility index (Phi) is 8.17. The molecule has 1 aromatic carbocycles. The molecule has 0 fully saturated rings. The van der Waals surface area contributed by atoms with Gasteiger partial charge in [-0.3, -0.25) is 0 Å². The van der Waals surface area contributed by atoms with Crippen LogP contribution in [0, 0.1) is 0 Å². The maximum Gasteiger partial charge on any atom is 0.482 e. The average molecular weight is 197 g/mol. The zero-order chi connectivity index (χ0) is 10.8. The highest BCUT2D eigenvalue weighted by molar-refractivity contribution is 6.13. The van der Waals surface area contributed by atoms with E-state index in [1.165, 1.54) is 0 Å². The minimum absolute atomic E-state index is 0. The van der Waals surface area contributed by atoms with Gasteiger partial charge in [-0.05, 0) is 5.56 Å². The number of hydrogen-bond donors (Lipinski definition) is 4. The van der Waals surface area contributed by atoms with E-state index in [-0.39, 0.29) is 26.8 Å². The lowest BCUT2D eigenvalue weighted by molar-refractivity contribution is 0.192. The average Bonchev–Trinajstić information content (AvgIpc) is 2.22. The molecule has 0 aliphatic carbocycles. The molecule has 0 spiro atoms. The fourth-order valence-electron chi connectivity index (χ4n) is 0.994. The van der Waals surface area contributed by atoms with E-state index < -0.39 is 0 Å². The molecule has 0 saturated heterocycles. The molecule has 77 valence electrons. The van der Waals surface area contributed by atoms with E-state index in [0.29, 0.717) is 0 Å². The van der Waals surface area contributed by atoms with Gasteiger partial charge < -0.3 is 20.3 Å². The van der Waals surface area contributed by atoms with E-state index in [9.17, 15) is 0 Å². The zero-order valence-corrected chi connectivity index (χ0v) is 7.74. The van der Waals surface area contributed by atoms with Crippen molar-refractivity contribution in [1.82, 2.24) is 0 Å². The lowest BCUT2D eigenvalue weighted by atomic mass is 10.0. The van der Waals surface area contributed by atoms with Gasteiger partial charge >= 0.3 is 7.69 Å². The van der Waals surface area contributed by atoms with Crippen molar-refractivity contribution >= 4 is 7.69 Å². The molecule has 0 aliphatic rings. The van der Waals surface area contributed by atoms with Crippen LogP contribution in [0.5, 0.6) is 0 Å². The highest BCUT2D eigenvalue weighted by Crippen LogP contribution is 2.12. The second kappa shape index (κ2) is 8.71. The maximum absolute atomic E-state index is 8.82. The smallest absolute Gasteiger partial charge is 0.429 e. The van der Waals surface area contributed by atoms with Crippen molar-refractivity contribution in [3.63, 3.8) is 0 Å². The molecular weight excluding hydrogens is 183 g/mol. The molecular formula is C9H14BO4. The Morgan fingerprint density at radius 3 is 1.79 bits per heavy atom. The predicted molar refractivity (Wildman–Crippen MR) is 53.5 cm³/mol. The summed E-state index contributed by atoms with van der Waals surface area (Å²) in [4.78, 5) is 0. The SMILES string of the molecule is OCC(CO)c1ccccc1.O[B]O. The van der Waals surface area contributed by atoms with Gasteiger partial charge in [-0.25, -0.2) is 0 Å². The van der Waals surface area contributed by atoms with Gasteiger partial charge in [0.15, 0.2) is 0 Å². The topological polar surface area (TPSA) is 80.9 Å². The van der Waals surface area contributed by atoms with Crippen LogP contribution >= 0.6 is 0 Å². The number of aliphatic hydroxyl groups is 2. The number of aliphatic hydroxyl groups excluding tert-OH is 2. The first-order chi connectivity index (χ1) is 6.79. The van der Waals surface area contributed by atoms with E-state index in [0.717, 1.165) is 5.56 Å². The standard InChI is InChI=1S/C9H12O2.BH2O2/c10-6-9(7-11)8-4-2-1-3-5-8;2-1-3/h1-5,9-11H,6-7H2;2-3H. The van der Waals surface area contributed by atoms with Crippen molar-refractivity contribution in [3.05, 3.63) is 35.9 Å². The Morgan fingerprint density at radius 2 is 1.43 bits per heavy atom. The Balaban J connectivity index is 0.000000500. The Labute approximate surface area is 83.8 Å². The van der Waals surface area contributed by atoms with Crippen molar-refractivity contribution in [2.24, 2.45) is 0 Å². The Morgan fingerprint density at radius 1 is 1.00 bits per heavy atom. The zero-order valence-electron chi connectivity index (χ0n) is 7.74. The Hall–Kier alpha value is -0.875. The third-order valence-corrected chi connectivity index (χ3v) is 1.71. The number of rotatable bonds is 3. The number of benzene rings is 1. The summed E-state index contributed by atoms with van der Waals surface area (Å²) in [5.41, 5.74) is 0.984. The molecule has 0 bridgehead atoms. The molecule has 0 aliphatic heterocycles. The van der Waals surface area contributed by atoms with Crippen molar-refractivity contribution in [2.75, 3.05) is 13.2 Å². The van der Waals surface area contributed by atoms with E-state index in [1.54, 1.807) is 0 Å². The minimum Gasteiger partial charge on any atom is -0.429 e. The molecule has 0 saturated carbocycles. The van der Waals surface area contributed by atoms with Gasteiger partial charge in [0.2, 0.25) is 0 Å². The van der Waals surface area contributed by atoms with Crippen molar-refractivity contribution in [2.45, 2.75) is 5.92 Å². The fourth-order valence-corrected chi connectivity index (χ4v) is 0.994. The second-order valence-corrected chi connectivity index (χ2v) is 2.59.